The highest BCUT2D eigenvalue weighted by atomic mass is 19.1. The summed E-state index contributed by atoms with van der Waals surface area (Å²) >= 11 is 0. The molecule has 2 N–H and O–H groups in total. The predicted octanol–water partition coefficient (Wildman–Crippen LogP) is 5.60. The largest absolute Gasteiger partial charge is 0.489 e. The Labute approximate surface area is 191 Å². The highest BCUT2D eigenvalue weighted by molar-refractivity contribution is 6.00. The maximum absolute atomic E-state index is 13.8. The Morgan fingerprint density at radius 3 is 2.45 bits per heavy atom. The molecule has 0 unspecified atom stereocenters. The van der Waals surface area contributed by atoms with E-state index in [0.717, 1.165) is 5.39 Å². The number of benzene rings is 3. The first kappa shape index (κ1) is 22.3. The molecule has 0 saturated carbocycles. The second-order valence-corrected chi connectivity index (χ2v) is 8.77. The van der Waals surface area contributed by atoms with Gasteiger partial charge in [0, 0.05) is 17.0 Å². The molecule has 0 bridgehead atoms. The maximum atomic E-state index is 13.8. The van der Waals surface area contributed by atoms with E-state index in [2.05, 4.69) is 36.3 Å². The summed E-state index contributed by atoms with van der Waals surface area (Å²) in [5, 5.41) is 10.5. The first-order valence-electron chi connectivity index (χ1n) is 10.7. The molecule has 0 fully saturated rings. The van der Waals surface area contributed by atoms with Gasteiger partial charge in [-0.05, 0) is 41.3 Å². The van der Waals surface area contributed by atoms with Gasteiger partial charge in [0.25, 0.3) is 5.91 Å². The van der Waals surface area contributed by atoms with Gasteiger partial charge in [-0.25, -0.2) is 4.39 Å². The van der Waals surface area contributed by atoms with Crippen molar-refractivity contribution >= 4 is 22.6 Å². The lowest BCUT2D eigenvalue weighted by Gasteiger charge is -2.19. The number of nitrogens with zero attached hydrogens (tertiary/aromatic N) is 1. The third-order valence-electron chi connectivity index (χ3n) is 5.23. The third kappa shape index (κ3) is 5.49. The maximum Gasteiger partial charge on any atom is 0.263 e. The number of hydrogen-bond acceptors (Lipinski definition) is 4. The van der Waals surface area contributed by atoms with E-state index in [0.29, 0.717) is 28.4 Å². The summed E-state index contributed by atoms with van der Waals surface area (Å²) in [5.74, 6) is 0.971. The van der Waals surface area contributed by atoms with Crippen molar-refractivity contribution in [2.45, 2.75) is 32.8 Å². The zero-order chi connectivity index (χ0) is 23.4. The van der Waals surface area contributed by atoms with Crippen LogP contribution in [0.1, 0.15) is 31.9 Å². The van der Waals surface area contributed by atoms with E-state index < -0.39 is 0 Å². The molecule has 0 aliphatic carbocycles. The van der Waals surface area contributed by atoms with Crippen molar-refractivity contribution < 1.29 is 18.7 Å². The fourth-order valence-corrected chi connectivity index (χ4v) is 3.33. The molecule has 0 atom stereocenters. The number of H-pyrrole nitrogens is 1. The molecule has 3 aromatic carbocycles. The quantitative estimate of drug-likeness (QED) is 0.387. The summed E-state index contributed by atoms with van der Waals surface area (Å²) in [4.78, 5) is 12.4. The first-order chi connectivity index (χ1) is 15.8. The van der Waals surface area contributed by atoms with Gasteiger partial charge in [0.1, 0.15) is 23.9 Å². The summed E-state index contributed by atoms with van der Waals surface area (Å²) in [6, 6.07) is 19.5. The number of fused-ring (bicyclic) bond motifs is 1. The van der Waals surface area contributed by atoms with Crippen LogP contribution >= 0.6 is 0 Å². The Hall–Kier alpha value is -3.87. The van der Waals surface area contributed by atoms with Crippen molar-refractivity contribution in [3.05, 3.63) is 83.7 Å². The van der Waals surface area contributed by atoms with Gasteiger partial charge in [0.2, 0.25) is 0 Å². The van der Waals surface area contributed by atoms with Crippen LogP contribution in [0.5, 0.6) is 11.5 Å². The number of anilines is 1. The average Bonchev–Trinajstić information content (AvgIpc) is 3.18. The monoisotopic (exact) mass is 447 g/mol. The van der Waals surface area contributed by atoms with Crippen LogP contribution in [0.25, 0.3) is 10.9 Å². The molecule has 1 aromatic heterocycles. The second kappa shape index (κ2) is 9.32. The van der Waals surface area contributed by atoms with Crippen molar-refractivity contribution in [1.29, 1.82) is 0 Å². The summed E-state index contributed by atoms with van der Waals surface area (Å²) < 4.78 is 25.1. The fourth-order valence-electron chi connectivity index (χ4n) is 3.33. The van der Waals surface area contributed by atoms with Gasteiger partial charge in [0.05, 0.1) is 5.52 Å². The first-order valence-corrected chi connectivity index (χ1v) is 10.7. The Morgan fingerprint density at radius 1 is 1.00 bits per heavy atom. The summed E-state index contributed by atoms with van der Waals surface area (Å²) in [7, 11) is 0. The highest BCUT2D eigenvalue weighted by Gasteiger charge is 2.14. The van der Waals surface area contributed by atoms with Gasteiger partial charge in [-0.3, -0.25) is 9.89 Å². The lowest BCUT2D eigenvalue weighted by Crippen LogP contribution is -2.20. The van der Waals surface area contributed by atoms with E-state index in [4.69, 9.17) is 9.47 Å². The number of aromatic nitrogens is 2. The Kier molecular flexibility index (Phi) is 6.31. The van der Waals surface area contributed by atoms with E-state index in [1.54, 1.807) is 36.4 Å². The number of rotatable bonds is 7. The van der Waals surface area contributed by atoms with Gasteiger partial charge in [0.15, 0.2) is 12.4 Å². The van der Waals surface area contributed by atoms with Crippen molar-refractivity contribution in [1.82, 2.24) is 10.2 Å². The minimum absolute atomic E-state index is 0.0551. The number of carbonyl (C=O) groups excluding carboxylic acids is 1. The lowest BCUT2D eigenvalue weighted by molar-refractivity contribution is -0.118. The van der Waals surface area contributed by atoms with E-state index in [-0.39, 0.29) is 30.4 Å². The van der Waals surface area contributed by atoms with Crippen LogP contribution in [0.4, 0.5) is 10.2 Å². The molecule has 0 saturated heterocycles. The Bertz CT molecular complexity index is 1260. The fraction of sp³-hybridized carbons (Fsp3) is 0.231. The molecule has 0 radical (unpaired) electrons. The second-order valence-electron chi connectivity index (χ2n) is 8.77. The molecule has 1 heterocycles. The van der Waals surface area contributed by atoms with Crippen molar-refractivity contribution in [3.63, 3.8) is 0 Å². The van der Waals surface area contributed by atoms with Crippen LogP contribution in [0.15, 0.2) is 66.7 Å². The number of aromatic amines is 1. The number of nitrogens with one attached hydrogen (secondary N) is 2. The lowest BCUT2D eigenvalue weighted by atomic mass is 9.87. The number of ether oxygens (including phenoxy) is 2. The van der Waals surface area contributed by atoms with Gasteiger partial charge in [-0.2, -0.15) is 5.10 Å². The summed E-state index contributed by atoms with van der Waals surface area (Å²) in [5.41, 5.74) is 2.41. The van der Waals surface area contributed by atoms with E-state index in [1.165, 1.54) is 11.6 Å². The number of amides is 1. The zero-order valence-corrected chi connectivity index (χ0v) is 18.8. The minimum atomic E-state index is -0.317. The topological polar surface area (TPSA) is 76.2 Å². The molecular weight excluding hydrogens is 421 g/mol. The number of halogens is 1. The third-order valence-corrected chi connectivity index (χ3v) is 5.23. The summed E-state index contributed by atoms with van der Waals surface area (Å²) in [6.07, 6.45) is 0. The average molecular weight is 448 g/mol. The van der Waals surface area contributed by atoms with Gasteiger partial charge in [-0.1, -0.05) is 51.1 Å². The molecule has 170 valence electrons. The smallest absolute Gasteiger partial charge is 0.263 e. The Balaban J connectivity index is 1.34. The van der Waals surface area contributed by atoms with Gasteiger partial charge < -0.3 is 14.8 Å². The van der Waals surface area contributed by atoms with E-state index >= 15 is 0 Å². The number of carbonyl (C=O) groups is 1. The summed E-state index contributed by atoms with van der Waals surface area (Å²) in [6.45, 7) is 6.41. The molecule has 4 rings (SSSR count). The molecule has 1 amide bonds. The van der Waals surface area contributed by atoms with Crippen molar-refractivity contribution in [2.24, 2.45) is 0 Å². The van der Waals surface area contributed by atoms with Crippen LogP contribution in [0, 0.1) is 5.82 Å². The zero-order valence-electron chi connectivity index (χ0n) is 18.8. The molecule has 0 aliphatic heterocycles. The van der Waals surface area contributed by atoms with Crippen molar-refractivity contribution in [2.75, 3.05) is 11.9 Å². The van der Waals surface area contributed by atoms with E-state index in [9.17, 15) is 9.18 Å². The van der Waals surface area contributed by atoms with Crippen LogP contribution in [-0.2, 0) is 16.8 Å². The van der Waals surface area contributed by atoms with Crippen molar-refractivity contribution in [3.8, 4) is 11.5 Å². The van der Waals surface area contributed by atoms with Crippen LogP contribution in [0.2, 0.25) is 0 Å². The highest BCUT2D eigenvalue weighted by Crippen LogP contribution is 2.26. The SMILES string of the molecule is CC(C)(C)c1ccc(OCC(=O)Nc2n[nH]c3cc(OCc4ccccc4F)ccc23)cc1. The Morgan fingerprint density at radius 2 is 1.73 bits per heavy atom. The minimum Gasteiger partial charge on any atom is -0.489 e. The van der Waals surface area contributed by atoms with Gasteiger partial charge in [-0.15, -0.1) is 0 Å². The molecule has 4 aromatic rings. The molecule has 33 heavy (non-hydrogen) atoms. The molecule has 0 aliphatic rings. The van der Waals surface area contributed by atoms with E-state index in [1.807, 2.05) is 24.3 Å². The molecule has 0 spiro atoms. The van der Waals surface area contributed by atoms with Crippen LogP contribution in [-0.4, -0.2) is 22.7 Å². The normalized spacial score (nSPS) is 11.4. The standard InChI is InChI=1S/C26H26FN3O3/c1-26(2,3)18-8-10-19(11-9-18)33-16-24(31)28-25-21-13-12-20(14-23(21)29-30-25)32-15-17-6-4-5-7-22(17)27/h4-14H,15-16H2,1-3H3,(H2,28,29,30,31). The van der Waals surface area contributed by atoms with Crippen LogP contribution in [0.3, 0.4) is 0 Å². The van der Waals surface area contributed by atoms with Gasteiger partial charge >= 0.3 is 0 Å². The molecule has 7 heteroatoms. The predicted molar refractivity (Wildman–Crippen MR) is 126 cm³/mol. The molecule has 6 nitrogen and oxygen atoms in total. The molecular formula is C26H26FN3O3. The number of hydrogen-bond donors (Lipinski definition) is 2. The van der Waals surface area contributed by atoms with Crippen LogP contribution < -0.4 is 14.8 Å².